The first-order valence-electron chi connectivity index (χ1n) is 7.68. The lowest BCUT2D eigenvalue weighted by Gasteiger charge is -2.15. The molecular weight excluding hydrogens is 218 g/mol. The van der Waals surface area contributed by atoms with E-state index < -0.39 is 0 Å². The van der Waals surface area contributed by atoms with E-state index in [1.807, 2.05) is 0 Å². The van der Waals surface area contributed by atoms with Gasteiger partial charge in [0.15, 0.2) is 0 Å². The highest BCUT2D eigenvalue weighted by molar-refractivity contribution is 5.10. The van der Waals surface area contributed by atoms with Crippen molar-refractivity contribution in [3.63, 3.8) is 0 Å². The molecule has 0 saturated heterocycles. The number of hydrogen-bond acceptors (Lipinski definition) is 1. The molecule has 0 radical (unpaired) electrons. The standard InChI is InChI=1S/C17H29N/c1-4-6-7-8-12-16(10-5-2)14-17-13-9-11-15(3)18-17/h9,11,13,16H,4-8,10,12,14H2,1-3H3. The summed E-state index contributed by atoms with van der Waals surface area (Å²) in [5, 5.41) is 0. The van der Waals surface area contributed by atoms with Crippen LogP contribution in [0.2, 0.25) is 0 Å². The van der Waals surface area contributed by atoms with Gasteiger partial charge in [-0.1, -0.05) is 64.9 Å². The van der Waals surface area contributed by atoms with E-state index >= 15 is 0 Å². The van der Waals surface area contributed by atoms with Crippen molar-refractivity contribution >= 4 is 0 Å². The van der Waals surface area contributed by atoms with E-state index in [2.05, 4.69) is 44.0 Å². The van der Waals surface area contributed by atoms with Gasteiger partial charge in [-0.3, -0.25) is 4.98 Å². The zero-order valence-electron chi connectivity index (χ0n) is 12.4. The quantitative estimate of drug-likeness (QED) is 0.538. The summed E-state index contributed by atoms with van der Waals surface area (Å²) in [7, 11) is 0. The number of rotatable bonds is 9. The van der Waals surface area contributed by atoms with E-state index in [1.54, 1.807) is 0 Å². The maximum Gasteiger partial charge on any atom is 0.0409 e. The highest BCUT2D eigenvalue weighted by Gasteiger charge is 2.09. The molecule has 1 rings (SSSR count). The molecule has 1 aromatic rings. The first kappa shape index (κ1) is 15.2. The van der Waals surface area contributed by atoms with Crippen LogP contribution < -0.4 is 0 Å². The van der Waals surface area contributed by atoms with Gasteiger partial charge in [-0.15, -0.1) is 0 Å². The van der Waals surface area contributed by atoms with Crippen molar-refractivity contribution in [2.75, 3.05) is 0 Å². The van der Waals surface area contributed by atoms with Crippen LogP contribution in [0.3, 0.4) is 0 Å². The number of pyridine rings is 1. The monoisotopic (exact) mass is 247 g/mol. The molecule has 1 nitrogen and oxygen atoms in total. The molecule has 1 unspecified atom stereocenters. The van der Waals surface area contributed by atoms with Crippen LogP contribution in [-0.2, 0) is 6.42 Å². The van der Waals surface area contributed by atoms with E-state index in [1.165, 1.54) is 57.1 Å². The fraction of sp³-hybridized carbons (Fsp3) is 0.706. The van der Waals surface area contributed by atoms with Gasteiger partial charge in [0.25, 0.3) is 0 Å². The summed E-state index contributed by atoms with van der Waals surface area (Å²) in [4.78, 5) is 4.64. The number of hydrogen-bond donors (Lipinski definition) is 0. The fourth-order valence-corrected chi connectivity index (χ4v) is 2.63. The molecule has 0 aliphatic heterocycles. The summed E-state index contributed by atoms with van der Waals surface area (Å²) in [6.07, 6.45) is 10.7. The van der Waals surface area contributed by atoms with Crippen LogP contribution in [-0.4, -0.2) is 4.98 Å². The molecule has 1 atom stereocenters. The number of nitrogens with zero attached hydrogens (tertiary/aromatic N) is 1. The average molecular weight is 247 g/mol. The molecule has 0 amide bonds. The second-order valence-electron chi connectivity index (χ2n) is 5.48. The van der Waals surface area contributed by atoms with Crippen LogP contribution in [0, 0.1) is 12.8 Å². The van der Waals surface area contributed by atoms with Crippen LogP contribution in [0.15, 0.2) is 18.2 Å². The highest BCUT2D eigenvalue weighted by atomic mass is 14.7. The third-order valence-electron chi connectivity index (χ3n) is 3.61. The predicted octanol–water partition coefficient (Wildman–Crippen LogP) is 5.32. The molecule has 1 heteroatoms. The molecule has 1 aromatic heterocycles. The third-order valence-corrected chi connectivity index (χ3v) is 3.61. The van der Waals surface area contributed by atoms with Gasteiger partial charge in [-0.05, 0) is 31.4 Å². The van der Waals surface area contributed by atoms with Crippen LogP contribution >= 0.6 is 0 Å². The summed E-state index contributed by atoms with van der Waals surface area (Å²) >= 11 is 0. The first-order valence-corrected chi connectivity index (χ1v) is 7.68. The molecule has 0 fully saturated rings. The lowest BCUT2D eigenvalue weighted by molar-refractivity contribution is 0.415. The Hall–Kier alpha value is -0.850. The van der Waals surface area contributed by atoms with Gasteiger partial charge in [0.1, 0.15) is 0 Å². The molecule has 0 N–H and O–H groups in total. The minimum Gasteiger partial charge on any atom is -0.258 e. The molecule has 0 saturated carbocycles. The Kier molecular flexibility index (Phi) is 7.71. The Labute approximate surface area is 113 Å². The van der Waals surface area contributed by atoms with Crippen molar-refractivity contribution in [3.05, 3.63) is 29.6 Å². The van der Waals surface area contributed by atoms with E-state index in [0.717, 1.165) is 11.6 Å². The van der Waals surface area contributed by atoms with E-state index in [9.17, 15) is 0 Å². The van der Waals surface area contributed by atoms with Gasteiger partial charge < -0.3 is 0 Å². The normalized spacial score (nSPS) is 12.6. The number of unbranched alkanes of at least 4 members (excludes halogenated alkanes) is 3. The van der Waals surface area contributed by atoms with Gasteiger partial charge in [0.2, 0.25) is 0 Å². The van der Waals surface area contributed by atoms with Crippen molar-refractivity contribution in [2.24, 2.45) is 5.92 Å². The highest BCUT2D eigenvalue weighted by Crippen LogP contribution is 2.20. The van der Waals surface area contributed by atoms with E-state index in [0.29, 0.717) is 0 Å². The largest absolute Gasteiger partial charge is 0.258 e. The van der Waals surface area contributed by atoms with Crippen molar-refractivity contribution in [2.45, 2.75) is 72.1 Å². The fourth-order valence-electron chi connectivity index (χ4n) is 2.63. The van der Waals surface area contributed by atoms with E-state index in [-0.39, 0.29) is 0 Å². The summed E-state index contributed by atoms with van der Waals surface area (Å²) in [5.41, 5.74) is 2.43. The third kappa shape index (κ3) is 6.18. The lowest BCUT2D eigenvalue weighted by Crippen LogP contribution is -2.06. The van der Waals surface area contributed by atoms with Gasteiger partial charge >= 0.3 is 0 Å². The maximum atomic E-state index is 4.64. The molecule has 0 spiro atoms. The second kappa shape index (κ2) is 9.13. The van der Waals surface area contributed by atoms with Crippen molar-refractivity contribution in [3.8, 4) is 0 Å². The summed E-state index contributed by atoms with van der Waals surface area (Å²) < 4.78 is 0. The molecule has 102 valence electrons. The van der Waals surface area contributed by atoms with Gasteiger partial charge in [0.05, 0.1) is 0 Å². The van der Waals surface area contributed by atoms with Crippen LogP contribution in [0.5, 0.6) is 0 Å². The Morgan fingerprint density at radius 2 is 1.83 bits per heavy atom. The molecule has 0 aromatic carbocycles. The SMILES string of the molecule is CCCCCCC(CCC)Cc1cccc(C)n1. The summed E-state index contributed by atoms with van der Waals surface area (Å²) in [5.74, 6) is 0.834. The molecular formula is C17H29N. The Bertz CT molecular complexity index is 319. The lowest BCUT2D eigenvalue weighted by atomic mass is 9.91. The van der Waals surface area contributed by atoms with Crippen molar-refractivity contribution in [1.82, 2.24) is 4.98 Å². The Morgan fingerprint density at radius 3 is 2.50 bits per heavy atom. The van der Waals surface area contributed by atoms with Crippen molar-refractivity contribution < 1.29 is 0 Å². The zero-order chi connectivity index (χ0) is 13.2. The van der Waals surface area contributed by atoms with Crippen LogP contribution in [0.4, 0.5) is 0 Å². The van der Waals surface area contributed by atoms with Gasteiger partial charge in [0, 0.05) is 11.4 Å². The minimum atomic E-state index is 0.834. The molecule has 0 bridgehead atoms. The van der Waals surface area contributed by atoms with E-state index in [4.69, 9.17) is 0 Å². The summed E-state index contributed by atoms with van der Waals surface area (Å²) in [6.45, 7) is 6.66. The molecule has 0 aliphatic carbocycles. The smallest absolute Gasteiger partial charge is 0.0409 e. The first-order chi connectivity index (χ1) is 8.76. The van der Waals surface area contributed by atoms with Crippen LogP contribution in [0.1, 0.15) is 70.2 Å². The van der Waals surface area contributed by atoms with Gasteiger partial charge in [-0.2, -0.15) is 0 Å². The maximum absolute atomic E-state index is 4.64. The minimum absolute atomic E-state index is 0.834. The number of aromatic nitrogens is 1. The van der Waals surface area contributed by atoms with Crippen LogP contribution in [0.25, 0.3) is 0 Å². The summed E-state index contributed by atoms with van der Waals surface area (Å²) in [6, 6.07) is 6.40. The number of aryl methyl sites for hydroxylation is 1. The molecule has 0 aliphatic rings. The second-order valence-corrected chi connectivity index (χ2v) is 5.48. The Morgan fingerprint density at radius 1 is 1.00 bits per heavy atom. The predicted molar refractivity (Wildman–Crippen MR) is 79.8 cm³/mol. The Balaban J connectivity index is 2.41. The van der Waals surface area contributed by atoms with Gasteiger partial charge in [-0.25, -0.2) is 0 Å². The zero-order valence-corrected chi connectivity index (χ0v) is 12.4. The topological polar surface area (TPSA) is 12.9 Å². The molecule has 18 heavy (non-hydrogen) atoms. The van der Waals surface area contributed by atoms with Crippen molar-refractivity contribution in [1.29, 1.82) is 0 Å². The average Bonchev–Trinajstić information content (AvgIpc) is 2.35. The molecule has 1 heterocycles.